The molecule has 6 heteroatoms. The van der Waals surface area contributed by atoms with Gasteiger partial charge >= 0.3 is 0 Å². The number of hydrogen-bond acceptors (Lipinski definition) is 2. The Kier molecular flexibility index (Phi) is 5.53. The van der Waals surface area contributed by atoms with Crippen LogP contribution in [0, 0.1) is 0 Å². The summed E-state index contributed by atoms with van der Waals surface area (Å²) in [6.45, 7) is 0.583. The molecule has 0 radical (unpaired) electrons. The van der Waals surface area contributed by atoms with Gasteiger partial charge in [-0.3, -0.25) is 9.48 Å². The molecular formula is C19H15Cl2N3O. The Morgan fingerprint density at radius 3 is 2.72 bits per heavy atom. The molecule has 3 aromatic rings. The van der Waals surface area contributed by atoms with Gasteiger partial charge in [-0.25, -0.2) is 0 Å². The first-order chi connectivity index (χ1) is 12.1. The summed E-state index contributed by atoms with van der Waals surface area (Å²) in [5, 5.41) is 8.02. The topological polar surface area (TPSA) is 46.9 Å². The van der Waals surface area contributed by atoms with Gasteiger partial charge in [0.25, 0.3) is 0 Å². The predicted molar refractivity (Wildman–Crippen MR) is 102 cm³/mol. The third kappa shape index (κ3) is 4.72. The van der Waals surface area contributed by atoms with Crippen LogP contribution in [-0.4, -0.2) is 15.7 Å². The van der Waals surface area contributed by atoms with Crippen LogP contribution < -0.4 is 5.32 Å². The zero-order valence-electron chi connectivity index (χ0n) is 13.2. The van der Waals surface area contributed by atoms with Gasteiger partial charge in [-0.1, -0.05) is 47.5 Å². The summed E-state index contributed by atoms with van der Waals surface area (Å²) in [4.78, 5) is 12.2. The van der Waals surface area contributed by atoms with Crippen LogP contribution in [0.5, 0.6) is 0 Å². The molecule has 0 fully saturated rings. The number of para-hydroxylation sites is 1. The lowest BCUT2D eigenvalue weighted by atomic mass is 10.1. The second-order valence-corrected chi connectivity index (χ2v) is 6.17. The first kappa shape index (κ1) is 17.3. The van der Waals surface area contributed by atoms with E-state index in [1.54, 1.807) is 35.2 Å². The van der Waals surface area contributed by atoms with Crippen LogP contribution in [-0.2, 0) is 11.3 Å². The SMILES string of the molecule is O=C(/C=C/c1ccc(Cl)c(Cl)c1)Nc1ccccc1Cn1cccn1. The smallest absolute Gasteiger partial charge is 0.248 e. The van der Waals surface area contributed by atoms with Crippen molar-refractivity contribution in [3.63, 3.8) is 0 Å². The van der Waals surface area contributed by atoms with Crippen molar-refractivity contribution in [2.45, 2.75) is 6.54 Å². The lowest BCUT2D eigenvalue weighted by Crippen LogP contribution is -2.11. The minimum atomic E-state index is -0.223. The number of nitrogens with one attached hydrogen (secondary N) is 1. The summed E-state index contributed by atoms with van der Waals surface area (Å²) in [6.07, 6.45) is 6.75. The molecule has 0 bridgehead atoms. The first-order valence-electron chi connectivity index (χ1n) is 7.61. The number of amides is 1. The van der Waals surface area contributed by atoms with Crippen molar-refractivity contribution in [3.05, 3.63) is 88.2 Å². The van der Waals surface area contributed by atoms with Crippen LogP contribution in [0.4, 0.5) is 5.69 Å². The largest absolute Gasteiger partial charge is 0.322 e. The van der Waals surface area contributed by atoms with Gasteiger partial charge in [-0.15, -0.1) is 0 Å². The van der Waals surface area contributed by atoms with Gasteiger partial charge in [0.1, 0.15) is 0 Å². The quantitative estimate of drug-likeness (QED) is 0.649. The fourth-order valence-corrected chi connectivity index (χ4v) is 2.62. The highest BCUT2D eigenvalue weighted by atomic mass is 35.5. The van der Waals surface area contributed by atoms with E-state index in [1.807, 2.05) is 36.5 Å². The molecule has 0 spiro atoms. The van der Waals surface area contributed by atoms with E-state index in [-0.39, 0.29) is 5.91 Å². The lowest BCUT2D eigenvalue weighted by molar-refractivity contribution is -0.111. The Morgan fingerprint density at radius 2 is 1.96 bits per heavy atom. The number of carbonyl (C=O) groups excluding carboxylic acids is 1. The van der Waals surface area contributed by atoms with Crippen LogP contribution in [0.1, 0.15) is 11.1 Å². The monoisotopic (exact) mass is 371 g/mol. The summed E-state index contributed by atoms with van der Waals surface area (Å²) < 4.78 is 1.80. The molecular weight excluding hydrogens is 357 g/mol. The zero-order valence-corrected chi connectivity index (χ0v) is 14.7. The lowest BCUT2D eigenvalue weighted by Gasteiger charge is -2.10. The molecule has 25 heavy (non-hydrogen) atoms. The summed E-state index contributed by atoms with van der Waals surface area (Å²) >= 11 is 11.9. The second-order valence-electron chi connectivity index (χ2n) is 5.36. The van der Waals surface area contributed by atoms with Gasteiger partial charge < -0.3 is 5.32 Å². The van der Waals surface area contributed by atoms with Crippen LogP contribution >= 0.6 is 23.2 Å². The van der Waals surface area contributed by atoms with E-state index in [2.05, 4.69) is 10.4 Å². The molecule has 1 aromatic heterocycles. The molecule has 3 rings (SSSR count). The number of carbonyl (C=O) groups is 1. The molecule has 0 saturated carbocycles. The highest BCUT2D eigenvalue weighted by molar-refractivity contribution is 6.42. The van der Waals surface area contributed by atoms with E-state index in [9.17, 15) is 4.79 Å². The van der Waals surface area contributed by atoms with Crippen LogP contribution in [0.25, 0.3) is 6.08 Å². The number of anilines is 1. The summed E-state index contributed by atoms with van der Waals surface area (Å²) in [5.74, 6) is -0.223. The van der Waals surface area contributed by atoms with E-state index >= 15 is 0 Å². The molecule has 0 aliphatic heterocycles. The molecule has 1 heterocycles. The highest BCUT2D eigenvalue weighted by Crippen LogP contribution is 2.23. The van der Waals surface area contributed by atoms with Crippen LogP contribution in [0.2, 0.25) is 10.0 Å². The van der Waals surface area contributed by atoms with Gasteiger partial charge in [-0.05, 0) is 41.5 Å². The summed E-state index contributed by atoms with van der Waals surface area (Å²) in [5.41, 5.74) is 2.53. The Morgan fingerprint density at radius 1 is 1.12 bits per heavy atom. The van der Waals surface area contributed by atoms with Crippen LogP contribution in [0.3, 0.4) is 0 Å². The molecule has 0 saturated heterocycles. The Hall–Kier alpha value is -2.56. The predicted octanol–water partition coefficient (Wildman–Crippen LogP) is 4.89. The van der Waals surface area contributed by atoms with E-state index in [1.165, 1.54) is 6.08 Å². The number of halogens is 2. The number of benzene rings is 2. The molecule has 0 unspecified atom stereocenters. The minimum Gasteiger partial charge on any atom is -0.322 e. The second kappa shape index (κ2) is 8.01. The van der Waals surface area contributed by atoms with E-state index < -0.39 is 0 Å². The Bertz CT molecular complexity index is 905. The van der Waals surface area contributed by atoms with Crippen molar-refractivity contribution in [2.24, 2.45) is 0 Å². The summed E-state index contributed by atoms with van der Waals surface area (Å²) in [7, 11) is 0. The average molecular weight is 372 g/mol. The third-order valence-corrected chi connectivity index (χ3v) is 4.28. The fraction of sp³-hybridized carbons (Fsp3) is 0.0526. The van der Waals surface area contributed by atoms with Gasteiger partial charge in [0, 0.05) is 24.2 Å². The standard InChI is InChI=1S/C19H15Cl2N3O/c20-16-8-6-14(12-17(16)21)7-9-19(25)23-18-5-2-1-4-15(18)13-24-11-3-10-22-24/h1-12H,13H2,(H,23,25)/b9-7+. The molecule has 0 aliphatic carbocycles. The molecule has 0 atom stereocenters. The maximum absolute atomic E-state index is 12.2. The summed E-state index contributed by atoms with van der Waals surface area (Å²) in [6, 6.07) is 14.7. The first-order valence-corrected chi connectivity index (χ1v) is 8.37. The molecule has 4 nitrogen and oxygen atoms in total. The van der Waals surface area contributed by atoms with Gasteiger partial charge in [-0.2, -0.15) is 5.10 Å². The third-order valence-electron chi connectivity index (χ3n) is 3.54. The highest BCUT2D eigenvalue weighted by Gasteiger charge is 2.05. The zero-order chi connectivity index (χ0) is 17.6. The normalized spacial score (nSPS) is 11.0. The number of nitrogens with zero attached hydrogens (tertiary/aromatic N) is 2. The van der Waals surface area contributed by atoms with Crippen molar-refractivity contribution >= 4 is 40.9 Å². The fourth-order valence-electron chi connectivity index (χ4n) is 2.31. The van der Waals surface area contributed by atoms with E-state index in [4.69, 9.17) is 23.2 Å². The molecule has 0 aliphatic rings. The minimum absolute atomic E-state index is 0.223. The molecule has 126 valence electrons. The van der Waals surface area contributed by atoms with Gasteiger partial charge in [0.15, 0.2) is 0 Å². The number of aromatic nitrogens is 2. The van der Waals surface area contributed by atoms with Crippen molar-refractivity contribution in [3.8, 4) is 0 Å². The molecule has 2 aromatic carbocycles. The van der Waals surface area contributed by atoms with Gasteiger partial charge in [0.05, 0.1) is 16.6 Å². The van der Waals surface area contributed by atoms with Crippen molar-refractivity contribution in [1.29, 1.82) is 0 Å². The van der Waals surface area contributed by atoms with Crippen molar-refractivity contribution < 1.29 is 4.79 Å². The maximum atomic E-state index is 12.2. The molecule has 1 N–H and O–H groups in total. The van der Waals surface area contributed by atoms with Gasteiger partial charge in [0.2, 0.25) is 5.91 Å². The number of hydrogen-bond donors (Lipinski definition) is 1. The van der Waals surface area contributed by atoms with E-state index in [0.29, 0.717) is 16.6 Å². The molecule has 1 amide bonds. The Balaban J connectivity index is 1.70. The van der Waals surface area contributed by atoms with Crippen LogP contribution in [0.15, 0.2) is 67.0 Å². The maximum Gasteiger partial charge on any atom is 0.248 e. The average Bonchev–Trinajstić information content (AvgIpc) is 3.11. The van der Waals surface area contributed by atoms with Crippen molar-refractivity contribution in [1.82, 2.24) is 9.78 Å². The van der Waals surface area contributed by atoms with E-state index in [0.717, 1.165) is 16.8 Å². The van der Waals surface area contributed by atoms with Crippen molar-refractivity contribution in [2.75, 3.05) is 5.32 Å². The number of rotatable bonds is 5. The Labute approximate surface area is 155 Å².